The fourth-order valence-corrected chi connectivity index (χ4v) is 6.46. The Kier molecular flexibility index (Phi) is 10.5. The summed E-state index contributed by atoms with van der Waals surface area (Å²) < 4.78 is 17.3. The van der Waals surface area contributed by atoms with E-state index in [9.17, 15) is 14.4 Å². The maximum atomic E-state index is 14.2. The Morgan fingerprint density at radius 3 is 2.52 bits per heavy atom. The molecule has 1 saturated carbocycles. The summed E-state index contributed by atoms with van der Waals surface area (Å²) in [4.78, 5) is 53.1. The number of likely N-dealkylation sites (tertiary alicyclic amines) is 2. The lowest BCUT2D eigenvalue weighted by Crippen LogP contribution is -2.56. The molecule has 1 unspecified atom stereocenters. The van der Waals surface area contributed by atoms with Gasteiger partial charge in [0, 0.05) is 26.1 Å². The summed E-state index contributed by atoms with van der Waals surface area (Å²) in [6, 6.07) is 5.57. The molecule has 11 nitrogen and oxygen atoms in total. The van der Waals surface area contributed by atoms with Gasteiger partial charge in [-0.3, -0.25) is 4.79 Å². The van der Waals surface area contributed by atoms with Crippen molar-refractivity contribution in [2.24, 2.45) is 5.92 Å². The highest BCUT2D eigenvalue weighted by molar-refractivity contribution is 5.91. The number of nitrogens with one attached hydrogen (secondary N) is 1. The van der Waals surface area contributed by atoms with Crippen LogP contribution < -0.4 is 10.1 Å². The highest BCUT2D eigenvalue weighted by atomic mass is 16.5. The smallest absolute Gasteiger partial charge is 0.328 e. The number of amides is 3. The Hall–Kier alpha value is -3.99. The zero-order chi connectivity index (χ0) is 31.1. The predicted molar refractivity (Wildman–Crippen MR) is 166 cm³/mol. The zero-order valence-electron chi connectivity index (χ0n) is 25.5. The number of rotatable bonds is 12. The van der Waals surface area contributed by atoms with Crippen molar-refractivity contribution in [3.8, 4) is 5.88 Å². The monoisotopic (exact) mass is 605 g/mol. The van der Waals surface area contributed by atoms with Crippen LogP contribution in [0.5, 0.6) is 5.88 Å². The third-order valence-electron chi connectivity index (χ3n) is 8.81. The van der Waals surface area contributed by atoms with Crippen LogP contribution in [0.1, 0.15) is 57.1 Å². The second-order valence-electron chi connectivity index (χ2n) is 11.7. The highest BCUT2D eigenvalue weighted by Gasteiger charge is 2.46. The summed E-state index contributed by atoms with van der Waals surface area (Å²) in [5.41, 5.74) is 1.86. The van der Waals surface area contributed by atoms with E-state index >= 15 is 0 Å². The molecular weight excluding hydrogens is 562 g/mol. The number of hydrogen-bond acceptors (Lipinski definition) is 8. The molecule has 44 heavy (non-hydrogen) atoms. The van der Waals surface area contributed by atoms with E-state index in [4.69, 9.17) is 14.2 Å². The van der Waals surface area contributed by atoms with Crippen molar-refractivity contribution >= 4 is 35.0 Å². The van der Waals surface area contributed by atoms with Gasteiger partial charge in [-0.15, -0.1) is 6.58 Å². The second kappa shape index (κ2) is 14.7. The molecule has 0 spiro atoms. The van der Waals surface area contributed by atoms with Crippen LogP contribution >= 0.6 is 0 Å². The Balaban J connectivity index is 1.30. The normalized spacial score (nSPS) is 22.6. The Morgan fingerprint density at radius 1 is 1.07 bits per heavy atom. The van der Waals surface area contributed by atoms with Crippen molar-refractivity contribution in [2.75, 3.05) is 33.4 Å². The van der Waals surface area contributed by atoms with Gasteiger partial charge >= 0.3 is 12.0 Å². The van der Waals surface area contributed by atoms with E-state index in [1.165, 1.54) is 12.0 Å². The van der Waals surface area contributed by atoms with Gasteiger partial charge in [0.05, 0.1) is 30.8 Å². The molecule has 2 aliphatic heterocycles. The number of nitrogens with zero attached hydrogens (tertiary/aromatic N) is 4. The van der Waals surface area contributed by atoms with Crippen molar-refractivity contribution in [1.82, 2.24) is 25.1 Å². The molecule has 3 aliphatic rings. The molecule has 5 rings (SSSR count). The lowest BCUT2D eigenvalue weighted by molar-refractivity contribution is -0.152. The van der Waals surface area contributed by atoms with Gasteiger partial charge in [0.25, 0.3) is 0 Å². The van der Waals surface area contributed by atoms with Crippen LogP contribution in [-0.2, 0) is 19.1 Å². The minimum Gasteiger partial charge on any atom is -0.471 e. The van der Waals surface area contributed by atoms with Gasteiger partial charge in [-0.1, -0.05) is 37.6 Å². The van der Waals surface area contributed by atoms with Crippen LogP contribution in [0.4, 0.5) is 4.79 Å². The number of para-hydroxylation sites is 2. The number of aromatic nitrogens is 2. The number of hydrogen-bond donors (Lipinski definition) is 1. The number of carbonyl (C=O) groups is 3. The van der Waals surface area contributed by atoms with Gasteiger partial charge in [-0.25, -0.2) is 19.6 Å². The minimum absolute atomic E-state index is 0.0167. The van der Waals surface area contributed by atoms with Crippen molar-refractivity contribution in [3.05, 3.63) is 49.2 Å². The number of benzene rings is 1. The molecular formula is C33H43N5O6. The molecule has 0 bridgehead atoms. The first-order valence-corrected chi connectivity index (χ1v) is 15.6. The van der Waals surface area contributed by atoms with Gasteiger partial charge < -0.3 is 29.3 Å². The van der Waals surface area contributed by atoms with E-state index < -0.39 is 24.2 Å². The van der Waals surface area contributed by atoms with Gasteiger partial charge in [-0.2, -0.15) is 0 Å². The number of methoxy groups -OCH3 is 1. The van der Waals surface area contributed by atoms with Gasteiger partial charge in [0.1, 0.15) is 23.9 Å². The quantitative estimate of drug-likeness (QED) is 0.218. The molecule has 2 saturated heterocycles. The number of esters is 1. The van der Waals surface area contributed by atoms with E-state index in [-0.39, 0.29) is 42.8 Å². The van der Waals surface area contributed by atoms with Crippen molar-refractivity contribution in [3.63, 3.8) is 0 Å². The van der Waals surface area contributed by atoms with E-state index in [2.05, 4.69) is 28.4 Å². The molecule has 3 amide bonds. The van der Waals surface area contributed by atoms with Crippen LogP contribution in [0.25, 0.3) is 17.1 Å². The molecule has 11 heteroatoms. The maximum absolute atomic E-state index is 14.2. The molecule has 0 radical (unpaired) electrons. The maximum Gasteiger partial charge on any atom is 0.328 e. The van der Waals surface area contributed by atoms with Gasteiger partial charge in [0.15, 0.2) is 0 Å². The van der Waals surface area contributed by atoms with Crippen molar-refractivity contribution in [1.29, 1.82) is 0 Å². The third-order valence-corrected chi connectivity index (χ3v) is 8.81. The van der Waals surface area contributed by atoms with E-state index in [0.717, 1.165) is 44.9 Å². The number of unbranched alkanes of at least 4 members (excludes halogenated alkanes) is 1. The number of fused-ring (bicyclic) bond motifs is 1. The lowest BCUT2D eigenvalue weighted by Gasteiger charge is -2.32. The molecule has 3 fully saturated rings. The number of carbonyl (C=O) groups excluding carboxylic acids is 3. The van der Waals surface area contributed by atoms with Crippen LogP contribution in [-0.4, -0.2) is 95.3 Å². The van der Waals surface area contributed by atoms with Crippen LogP contribution in [0.2, 0.25) is 0 Å². The topological polar surface area (TPSA) is 123 Å². The lowest BCUT2D eigenvalue weighted by atomic mass is 9.96. The van der Waals surface area contributed by atoms with E-state index in [0.29, 0.717) is 36.4 Å². The Morgan fingerprint density at radius 2 is 1.82 bits per heavy atom. The number of ether oxygens (including phenoxy) is 3. The molecule has 4 atom stereocenters. The fraction of sp³-hybridized carbons (Fsp3) is 0.545. The Bertz CT molecular complexity index is 1360. The summed E-state index contributed by atoms with van der Waals surface area (Å²) in [6.45, 7) is 9.40. The molecule has 236 valence electrons. The molecule has 1 aromatic carbocycles. The van der Waals surface area contributed by atoms with Crippen LogP contribution in [0.15, 0.2) is 43.5 Å². The van der Waals surface area contributed by atoms with Gasteiger partial charge in [-0.05, 0) is 56.2 Å². The fourth-order valence-electron chi connectivity index (χ4n) is 6.46. The standard InChI is InChI=1S/C33H43N5O6/c1-4-6-11-18-43-23-16-17-37(20-23)33(41)36-29(22-12-7-8-13-22)31(39)38-21-24(19-28(38)32(40)42-3)44-30-25(5-2)34-26-14-9-10-15-27(26)35-30/h4-5,9-10,14-15,22-24,28-29H,1-2,6-8,11-13,16-21H2,3H3,(H,36,41)/t23-,24?,28-,29-/m0/s1. The average molecular weight is 606 g/mol. The summed E-state index contributed by atoms with van der Waals surface area (Å²) >= 11 is 0. The van der Waals surface area contributed by atoms with Crippen molar-refractivity contribution < 1.29 is 28.6 Å². The predicted octanol–water partition coefficient (Wildman–Crippen LogP) is 4.12. The van der Waals surface area contributed by atoms with E-state index in [1.54, 1.807) is 11.0 Å². The molecule has 3 heterocycles. The first kappa shape index (κ1) is 31.4. The summed E-state index contributed by atoms with van der Waals surface area (Å²) in [6.07, 6.45) is 9.30. The number of urea groups is 1. The molecule has 1 N–H and O–H groups in total. The Labute approximate surface area is 258 Å². The van der Waals surface area contributed by atoms with Crippen LogP contribution in [0, 0.1) is 5.92 Å². The third kappa shape index (κ3) is 7.20. The first-order chi connectivity index (χ1) is 21.4. The van der Waals surface area contributed by atoms with Crippen LogP contribution in [0.3, 0.4) is 0 Å². The second-order valence-corrected chi connectivity index (χ2v) is 11.7. The summed E-state index contributed by atoms with van der Waals surface area (Å²) in [7, 11) is 1.31. The van der Waals surface area contributed by atoms with Crippen molar-refractivity contribution in [2.45, 2.75) is 75.7 Å². The zero-order valence-corrected chi connectivity index (χ0v) is 25.5. The molecule has 1 aromatic heterocycles. The largest absolute Gasteiger partial charge is 0.471 e. The van der Waals surface area contributed by atoms with E-state index in [1.807, 2.05) is 30.3 Å². The molecule has 2 aromatic rings. The number of allylic oxidation sites excluding steroid dienone is 1. The van der Waals surface area contributed by atoms with Gasteiger partial charge in [0.2, 0.25) is 11.8 Å². The highest BCUT2D eigenvalue weighted by Crippen LogP contribution is 2.32. The SMILES string of the molecule is C=CCCCO[C@H]1CCN(C(=O)N[C@H](C(=O)N2CC(Oc3nc4ccccc4nc3C=C)C[C@H]2C(=O)OC)C2CCCC2)C1. The minimum atomic E-state index is -0.848. The summed E-state index contributed by atoms with van der Waals surface area (Å²) in [5.74, 6) is -0.545. The average Bonchev–Trinajstić information content (AvgIpc) is 3.83. The molecule has 1 aliphatic carbocycles. The first-order valence-electron chi connectivity index (χ1n) is 15.6. The summed E-state index contributed by atoms with van der Waals surface area (Å²) in [5, 5.41) is 3.05.